The zero-order valence-electron chi connectivity index (χ0n) is 12.9. The molecular weight excluding hydrogens is 292 g/mol. The third kappa shape index (κ3) is 2.69. The van der Waals surface area contributed by atoms with E-state index in [1.165, 1.54) is 21.4 Å². The topological polar surface area (TPSA) is 75.5 Å². The molecular formula is C13H22N4O3S. The molecule has 0 unspecified atom stereocenters. The van der Waals surface area contributed by atoms with Gasteiger partial charge in [-0.3, -0.25) is 9.48 Å². The van der Waals surface area contributed by atoms with Crippen molar-refractivity contribution >= 4 is 15.9 Å². The van der Waals surface area contributed by atoms with Gasteiger partial charge in [0.25, 0.3) is 0 Å². The van der Waals surface area contributed by atoms with Crippen LogP contribution in [-0.2, 0) is 21.9 Å². The summed E-state index contributed by atoms with van der Waals surface area (Å²) < 4.78 is 28.2. The molecule has 1 amide bonds. The lowest BCUT2D eigenvalue weighted by Gasteiger charge is -2.44. The molecule has 0 aliphatic carbocycles. The zero-order valence-corrected chi connectivity index (χ0v) is 13.7. The number of carbonyl (C=O) groups excluding carboxylic acids is 1. The van der Waals surface area contributed by atoms with Gasteiger partial charge in [0.05, 0.1) is 6.20 Å². The molecule has 0 spiro atoms. The van der Waals surface area contributed by atoms with Crippen molar-refractivity contribution in [2.45, 2.75) is 37.6 Å². The maximum Gasteiger partial charge on any atom is 0.247 e. The number of piperazine rings is 1. The largest absolute Gasteiger partial charge is 0.340 e. The average Bonchev–Trinajstić information content (AvgIpc) is 2.82. The van der Waals surface area contributed by atoms with Crippen molar-refractivity contribution in [3.05, 3.63) is 12.4 Å². The van der Waals surface area contributed by atoms with Gasteiger partial charge in [-0.05, 0) is 20.3 Å². The van der Waals surface area contributed by atoms with Gasteiger partial charge in [0.15, 0.2) is 0 Å². The Balaban J connectivity index is 2.35. The molecule has 0 radical (unpaired) electrons. The highest BCUT2D eigenvalue weighted by Crippen LogP contribution is 2.29. The molecule has 1 aromatic heterocycles. The third-order valence-electron chi connectivity index (χ3n) is 3.77. The molecule has 2 rings (SSSR count). The number of carbonyl (C=O) groups is 1. The molecule has 0 bridgehead atoms. The van der Waals surface area contributed by atoms with Gasteiger partial charge in [-0.2, -0.15) is 9.40 Å². The molecule has 7 nitrogen and oxygen atoms in total. The fraction of sp³-hybridized carbons (Fsp3) is 0.692. The van der Waals surface area contributed by atoms with Crippen LogP contribution in [0.5, 0.6) is 0 Å². The van der Waals surface area contributed by atoms with Crippen LogP contribution >= 0.6 is 0 Å². The van der Waals surface area contributed by atoms with E-state index in [9.17, 15) is 13.2 Å². The normalized spacial score (nSPS) is 20.0. The molecule has 8 heteroatoms. The third-order valence-corrected chi connectivity index (χ3v) is 5.80. The first-order valence-electron chi connectivity index (χ1n) is 7.02. The Hall–Kier alpha value is -1.41. The summed E-state index contributed by atoms with van der Waals surface area (Å²) in [5, 5.41) is 3.90. The van der Waals surface area contributed by atoms with E-state index in [1.54, 1.807) is 25.8 Å². The van der Waals surface area contributed by atoms with E-state index >= 15 is 0 Å². The number of hydrogen-bond donors (Lipinski definition) is 0. The van der Waals surface area contributed by atoms with Gasteiger partial charge >= 0.3 is 0 Å². The number of rotatable bonds is 4. The minimum atomic E-state index is -3.72. The fourth-order valence-electron chi connectivity index (χ4n) is 2.65. The van der Waals surface area contributed by atoms with Gasteiger partial charge in [0.2, 0.25) is 15.9 Å². The molecule has 21 heavy (non-hydrogen) atoms. The SMILES string of the molecule is CCCN1CCN(S(=O)(=O)c2cnn(C)c2)C(C)(C)C1=O. The fourth-order valence-corrected chi connectivity index (χ4v) is 4.37. The molecule has 1 aromatic rings. The van der Waals surface area contributed by atoms with Crippen LogP contribution in [0.4, 0.5) is 0 Å². The number of aromatic nitrogens is 2. The smallest absolute Gasteiger partial charge is 0.247 e. The summed E-state index contributed by atoms with van der Waals surface area (Å²) in [6, 6.07) is 0. The minimum absolute atomic E-state index is 0.120. The number of sulfonamides is 1. The van der Waals surface area contributed by atoms with Gasteiger partial charge in [-0.15, -0.1) is 0 Å². The van der Waals surface area contributed by atoms with Crippen LogP contribution in [0, 0.1) is 0 Å². The van der Waals surface area contributed by atoms with E-state index in [-0.39, 0.29) is 10.8 Å². The molecule has 0 N–H and O–H groups in total. The Morgan fingerprint density at radius 3 is 2.52 bits per heavy atom. The Bertz CT molecular complexity index is 636. The summed E-state index contributed by atoms with van der Waals surface area (Å²) in [6.45, 7) is 6.70. The van der Waals surface area contributed by atoms with Gasteiger partial charge in [-0.1, -0.05) is 6.92 Å². The van der Waals surface area contributed by atoms with Crippen molar-refractivity contribution in [3.8, 4) is 0 Å². The molecule has 1 aliphatic rings. The number of nitrogens with zero attached hydrogens (tertiary/aromatic N) is 4. The second-order valence-corrected chi connectivity index (χ2v) is 7.64. The second kappa shape index (κ2) is 5.42. The summed E-state index contributed by atoms with van der Waals surface area (Å²) >= 11 is 0. The van der Waals surface area contributed by atoms with Crippen LogP contribution in [0.3, 0.4) is 0 Å². The van der Waals surface area contributed by atoms with E-state index in [0.717, 1.165) is 6.42 Å². The number of amides is 1. The summed E-state index contributed by atoms with van der Waals surface area (Å²) in [4.78, 5) is 14.4. The van der Waals surface area contributed by atoms with Crippen LogP contribution < -0.4 is 0 Å². The Morgan fingerprint density at radius 2 is 2.00 bits per heavy atom. The van der Waals surface area contributed by atoms with Gasteiger partial charge in [-0.25, -0.2) is 8.42 Å². The maximum atomic E-state index is 12.7. The Labute approximate surface area is 125 Å². The summed E-state index contributed by atoms with van der Waals surface area (Å²) in [7, 11) is -2.06. The molecule has 1 saturated heterocycles. The van der Waals surface area contributed by atoms with E-state index in [0.29, 0.717) is 19.6 Å². The number of aryl methyl sites for hydroxylation is 1. The Kier molecular flexibility index (Phi) is 4.12. The average molecular weight is 314 g/mol. The lowest BCUT2D eigenvalue weighted by atomic mass is 10.0. The molecule has 1 fully saturated rings. The van der Waals surface area contributed by atoms with Gasteiger partial charge < -0.3 is 4.90 Å². The molecule has 0 saturated carbocycles. The second-order valence-electron chi connectivity index (χ2n) is 5.78. The highest BCUT2D eigenvalue weighted by molar-refractivity contribution is 7.89. The Morgan fingerprint density at radius 1 is 1.33 bits per heavy atom. The van der Waals surface area contributed by atoms with Crippen LogP contribution in [0.2, 0.25) is 0 Å². The van der Waals surface area contributed by atoms with Crippen molar-refractivity contribution < 1.29 is 13.2 Å². The number of hydrogen-bond acceptors (Lipinski definition) is 4. The van der Waals surface area contributed by atoms with Crippen molar-refractivity contribution in [3.63, 3.8) is 0 Å². The predicted molar refractivity (Wildman–Crippen MR) is 78.0 cm³/mol. The molecule has 1 aliphatic heterocycles. The molecule has 118 valence electrons. The first-order valence-corrected chi connectivity index (χ1v) is 8.46. The van der Waals surface area contributed by atoms with E-state index in [2.05, 4.69) is 5.10 Å². The van der Waals surface area contributed by atoms with Crippen LogP contribution in [0.15, 0.2) is 17.3 Å². The van der Waals surface area contributed by atoms with E-state index in [4.69, 9.17) is 0 Å². The first-order chi connectivity index (χ1) is 9.71. The van der Waals surface area contributed by atoms with Crippen molar-refractivity contribution in [2.24, 2.45) is 7.05 Å². The summed E-state index contributed by atoms with van der Waals surface area (Å²) in [6.07, 6.45) is 3.62. The first kappa shape index (κ1) is 16.0. The lowest BCUT2D eigenvalue weighted by Crippen LogP contribution is -2.64. The predicted octanol–water partition coefficient (Wildman–Crippen LogP) is 0.442. The van der Waals surface area contributed by atoms with Gasteiger partial charge in [0, 0.05) is 32.9 Å². The van der Waals surface area contributed by atoms with Gasteiger partial charge in [0.1, 0.15) is 10.4 Å². The van der Waals surface area contributed by atoms with E-state index in [1.807, 2.05) is 6.92 Å². The minimum Gasteiger partial charge on any atom is -0.340 e. The zero-order chi connectivity index (χ0) is 15.8. The lowest BCUT2D eigenvalue weighted by molar-refractivity contribution is -0.144. The molecule has 0 aromatic carbocycles. The standard InChI is InChI=1S/C13H22N4O3S/c1-5-6-16-7-8-17(13(2,3)12(16)18)21(19,20)11-9-14-15(4)10-11/h9-10H,5-8H2,1-4H3. The van der Waals surface area contributed by atoms with Crippen molar-refractivity contribution in [1.82, 2.24) is 19.0 Å². The monoisotopic (exact) mass is 314 g/mol. The van der Waals surface area contributed by atoms with Crippen LogP contribution in [0.1, 0.15) is 27.2 Å². The summed E-state index contributed by atoms with van der Waals surface area (Å²) in [5.74, 6) is -0.150. The highest BCUT2D eigenvalue weighted by Gasteiger charge is 2.47. The van der Waals surface area contributed by atoms with Crippen molar-refractivity contribution in [1.29, 1.82) is 0 Å². The quantitative estimate of drug-likeness (QED) is 0.808. The highest BCUT2D eigenvalue weighted by atomic mass is 32.2. The molecule has 2 heterocycles. The van der Waals surface area contributed by atoms with Crippen LogP contribution in [-0.4, -0.2) is 58.5 Å². The molecule has 0 atom stereocenters. The van der Waals surface area contributed by atoms with Crippen molar-refractivity contribution in [2.75, 3.05) is 19.6 Å². The van der Waals surface area contributed by atoms with Crippen LogP contribution in [0.25, 0.3) is 0 Å². The maximum absolute atomic E-state index is 12.7. The summed E-state index contributed by atoms with van der Waals surface area (Å²) in [5.41, 5.74) is -1.08. The van der Waals surface area contributed by atoms with E-state index < -0.39 is 15.6 Å².